The van der Waals surface area contributed by atoms with Crippen LogP contribution in [0, 0.1) is 0 Å². The summed E-state index contributed by atoms with van der Waals surface area (Å²) >= 11 is 1.81. The van der Waals surface area contributed by atoms with E-state index in [0.717, 1.165) is 55.3 Å². The van der Waals surface area contributed by atoms with Crippen molar-refractivity contribution in [2.24, 2.45) is 0 Å². The van der Waals surface area contributed by atoms with Crippen LogP contribution in [0.25, 0.3) is 110 Å². The van der Waals surface area contributed by atoms with Gasteiger partial charge in [-0.05, 0) is 104 Å². The van der Waals surface area contributed by atoms with Crippen molar-refractivity contribution in [3.05, 3.63) is 259 Å². The van der Waals surface area contributed by atoms with Crippen LogP contribution in [0.2, 0.25) is 0 Å². The molecule has 0 N–H and O–H groups in total. The topological polar surface area (TPSA) is 51.8 Å². The Hall–Kier alpha value is -8.77. The van der Waals surface area contributed by atoms with E-state index in [-0.39, 0.29) is 0 Å². The van der Waals surface area contributed by atoms with Crippen molar-refractivity contribution in [1.82, 2.24) is 15.0 Å². The van der Waals surface area contributed by atoms with Crippen molar-refractivity contribution in [3.63, 3.8) is 0 Å². The van der Waals surface area contributed by atoms with E-state index >= 15 is 0 Å². The number of hydrogen-bond acceptors (Lipinski definition) is 5. The van der Waals surface area contributed by atoms with Crippen LogP contribution >= 0.6 is 11.3 Å². The lowest BCUT2D eigenvalue weighted by Gasteiger charge is -2.34. The van der Waals surface area contributed by atoms with Gasteiger partial charge in [0.25, 0.3) is 0 Å². The summed E-state index contributed by atoms with van der Waals surface area (Å²) in [5.41, 5.74) is 15.8. The molecule has 0 aliphatic heterocycles. The third kappa shape index (κ3) is 6.18. The summed E-state index contributed by atoms with van der Waals surface area (Å²) in [6, 6.07) is 84.6. The van der Waals surface area contributed by atoms with E-state index in [1.807, 2.05) is 18.2 Å². The van der Waals surface area contributed by atoms with Crippen LogP contribution in [0.5, 0.6) is 0 Å². The molecule has 0 atom stereocenters. The van der Waals surface area contributed by atoms with E-state index < -0.39 is 5.41 Å². The number of furan rings is 1. The second-order valence-corrected chi connectivity index (χ2v) is 18.9. The van der Waals surface area contributed by atoms with Gasteiger partial charge in [-0.2, -0.15) is 0 Å². The van der Waals surface area contributed by atoms with Crippen LogP contribution in [0.3, 0.4) is 0 Å². The molecule has 1 aliphatic carbocycles. The number of rotatable bonds is 7. The van der Waals surface area contributed by atoms with Gasteiger partial charge in [-0.15, -0.1) is 11.3 Å². The number of hydrogen-bond donors (Lipinski definition) is 0. The van der Waals surface area contributed by atoms with E-state index in [1.165, 1.54) is 59.1 Å². The molecule has 0 unspecified atom stereocenters. The van der Waals surface area contributed by atoms with Crippen LogP contribution in [-0.2, 0) is 5.41 Å². The molecule has 0 spiro atoms. The molecule has 1 aliphatic rings. The summed E-state index contributed by atoms with van der Waals surface area (Å²) in [6.07, 6.45) is 0. The zero-order chi connectivity index (χ0) is 45.5. The average Bonchev–Trinajstić information content (AvgIpc) is 4.09. The third-order valence-electron chi connectivity index (χ3n) is 14.0. The molecule has 3 heterocycles. The first-order chi connectivity index (χ1) is 34.2. The van der Waals surface area contributed by atoms with Crippen LogP contribution in [0.1, 0.15) is 22.3 Å². The Kier molecular flexibility index (Phi) is 8.95. The Labute approximate surface area is 402 Å². The largest absolute Gasteiger partial charge is 0.456 e. The van der Waals surface area contributed by atoms with Gasteiger partial charge in [0.15, 0.2) is 17.5 Å². The smallest absolute Gasteiger partial charge is 0.164 e. The van der Waals surface area contributed by atoms with Crippen molar-refractivity contribution in [2.75, 3.05) is 0 Å². The minimum absolute atomic E-state index is 0.500. The highest BCUT2D eigenvalue weighted by Gasteiger charge is 2.46. The molecule has 322 valence electrons. The second-order valence-electron chi connectivity index (χ2n) is 17.8. The van der Waals surface area contributed by atoms with Crippen LogP contribution in [0.15, 0.2) is 241 Å². The zero-order valence-electron chi connectivity index (χ0n) is 37.2. The highest BCUT2D eigenvalue weighted by atomic mass is 32.1. The van der Waals surface area contributed by atoms with Gasteiger partial charge in [-0.25, -0.2) is 15.0 Å². The summed E-state index contributed by atoms with van der Waals surface area (Å²) in [5.74, 6) is 1.80. The number of fused-ring (bicyclic) bond motifs is 9. The maximum Gasteiger partial charge on any atom is 0.164 e. The lowest BCUT2D eigenvalue weighted by atomic mass is 9.67. The van der Waals surface area contributed by atoms with Crippen molar-refractivity contribution in [2.45, 2.75) is 5.41 Å². The van der Waals surface area contributed by atoms with Gasteiger partial charge >= 0.3 is 0 Å². The van der Waals surface area contributed by atoms with Crippen LogP contribution in [-0.4, -0.2) is 15.0 Å². The fourth-order valence-electron chi connectivity index (χ4n) is 11.0. The molecule has 0 bridgehead atoms. The zero-order valence-corrected chi connectivity index (χ0v) is 38.0. The number of benzene rings is 10. The van der Waals surface area contributed by atoms with Gasteiger partial charge in [0, 0.05) is 47.6 Å². The maximum atomic E-state index is 6.71. The second kappa shape index (κ2) is 15.7. The minimum atomic E-state index is -0.500. The predicted octanol–water partition coefficient (Wildman–Crippen LogP) is 16.8. The van der Waals surface area contributed by atoms with Gasteiger partial charge in [-0.3, -0.25) is 0 Å². The fourth-order valence-corrected chi connectivity index (χ4v) is 12.1. The molecule has 10 aromatic carbocycles. The molecule has 4 nitrogen and oxygen atoms in total. The van der Waals surface area contributed by atoms with E-state index in [9.17, 15) is 0 Å². The molecule has 3 aromatic heterocycles. The summed E-state index contributed by atoms with van der Waals surface area (Å²) in [5, 5.41) is 4.39. The Morgan fingerprint density at radius 3 is 1.71 bits per heavy atom. The van der Waals surface area contributed by atoms with E-state index in [1.54, 1.807) is 11.3 Å². The maximum absolute atomic E-state index is 6.71. The van der Waals surface area contributed by atoms with Crippen LogP contribution in [0.4, 0.5) is 0 Å². The molecular weight excluding hydrogens is 859 g/mol. The lowest BCUT2D eigenvalue weighted by molar-refractivity contribution is 0.669. The Morgan fingerprint density at radius 2 is 0.899 bits per heavy atom. The van der Waals surface area contributed by atoms with Crippen molar-refractivity contribution in [1.29, 1.82) is 0 Å². The van der Waals surface area contributed by atoms with Gasteiger partial charge in [0.1, 0.15) is 11.2 Å². The highest BCUT2D eigenvalue weighted by Crippen LogP contribution is 2.58. The van der Waals surface area contributed by atoms with Crippen molar-refractivity contribution >= 4 is 53.4 Å². The standard InChI is InChI=1S/C64H39N3OS/c1-4-17-40(18-5-1)41-19-14-20-43(37-41)61-65-62(44-34-36-58-51(39-44)48-25-11-13-32-57(48)69-58)67-63(66-61)50-28-16-31-56-60(50)52-38-42(33-35-55(52)68-56)47-27-15-30-54-59(47)49-26-10-12-29-53(49)64(54,45-21-6-2-7-22-45)46-23-8-3-9-24-46/h1-39H. The normalized spacial score (nSPS) is 12.8. The molecule has 0 fully saturated rings. The van der Waals surface area contributed by atoms with E-state index in [2.05, 4.69) is 218 Å². The first-order valence-corrected chi connectivity index (χ1v) is 24.1. The number of nitrogens with zero attached hydrogens (tertiary/aromatic N) is 3. The van der Waals surface area contributed by atoms with Crippen LogP contribution < -0.4 is 0 Å². The third-order valence-corrected chi connectivity index (χ3v) is 15.2. The summed E-state index contributed by atoms with van der Waals surface area (Å²) in [4.78, 5) is 15.9. The molecule has 5 heteroatoms. The molecule has 0 saturated carbocycles. The Bertz CT molecular complexity index is 4100. The Morgan fingerprint density at radius 1 is 0.333 bits per heavy atom. The summed E-state index contributed by atoms with van der Waals surface area (Å²) < 4.78 is 9.20. The molecule has 0 saturated heterocycles. The first kappa shape index (κ1) is 39.4. The quantitative estimate of drug-likeness (QED) is 0.160. The number of thiophene rings is 1. The molecular formula is C64H39N3OS. The Balaban J connectivity index is 0.977. The molecule has 13 aromatic rings. The molecule has 69 heavy (non-hydrogen) atoms. The molecule has 14 rings (SSSR count). The van der Waals surface area contributed by atoms with Crippen molar-refractivity contribution in [3.8, 4) is 67.5 Å². The summed E-state index contributed by atoms with van der Waals surface area (Å²) in [7, 11) is 0. The molecule has 0 radical (unpaired) electrons. The minimum Gasteiger partial charge on any atom is -0.456 e. The van der Waals surface area contributed by atoms with Gasteiger partial charge in [0.05, 0.1) is 5.41 Å². The summed E-state index contributed by atoms with van der Waals surface area (Å²) in [6.45, 7) is 0. The van der Waals surface area contributed by atoms with Gasteiger partial charge < -0.3 is 4.42 Å². The first-order valence-electron chi connectivity index (χ1n) is 23.3. The van der Waals surface area contributed by atoms with Crippen molar-refractivity contribution < 1.29 is 4.42 Å². The van der Waals surface area contributed by atoms with Gasteiger partial charge in [-0.1, -0.05) is 188 Å². The number of aromatic nitrogens is 3. The average molecular weight is 898 g/mol. The van der Waals surface area contributed by atoms with E-state index in [4.69, 9.17) is 19.4 Å². The SMILES string of the molecule is c1ccc(-c2cccc(-c3nc(-c4ccc5sc6ccccc6c5c4)nc(-c4cccc5oc6ccc(-c7cccc8c7-c7ccccc7C8(c7ccccc7)c7ccccc7)cc6c45)n3)c2)cc1. The van der Waals surface area contributed by atoms with Gasteiger partial charge in [0.2, 0.25) is 0 Å². The monoisotopic (exact) mass is 897 g/mol. The molecule has 0 amide bonds. The predicted molar refractivity (Wildman–Crippen MR) is 284 cm³/mol. The fraction of sp³-hybridized carbons (Fsp3) is 0.0156. The highest BCUT2D eigenvalue weighted by molar-refractivity contribution is 7.25. The van der Waals surface area contributed by atoms with E-state index in [0.29, 0.717) is 17.5 Å². The lowest BCUT2D eigenvalue weighted by Crippen LogP contribution is -2.28.